The predicted molar refractivity (Wildman–Crippen MR) is 96.0 cm³/mol. The molecule has 0 radical (unpaired) electrons. The summed E-state index contributed by atoms with van der Waals surface area (Å²) in [5.41, 5.74) is 5.25. The van der Waals surface area contributed by atoms with E-state index in [1.54, 1.807) is 32.7 Å². The fraction of sp³-hybridized carbons (Fsp3) is 0.111. The van der Waals surface area contributed by atoms with Crippen LogP contribution in [0.15, 0.2) is 59.8 Å². The fourth-order valence-electron chi connectivity index (χ4n) is 2.18. The van der Waals surface area contributed by atoms with Crippen molar-refractivity contribution < 1.29 is 9.47 Å². The number of hydrogen-bond donors (Lipinski definition) is 1. The molecule has 1 aromatic heterocycles. The Balaban J connectivity index is 1.75. The van der Waals surface area contributed by atoms with Gasteiger partial charge in [-0.3, -0.25) is 0 Å². The summed E-state index contributed by atoms with van der Waals surface area (Å²) in [5, 5.41) is 12.0. The van der Waals surface area contributed by atoms with E-state index in [1.807, 2.05) is 42.5 Å². The first kappa shape index (κ1) is 16.4. The first-order valence-corrected chi connectivity index (χ1v) is 7.56. The Bertz CT molecular complexity index is 868. The zero-order valence-corrected chi connectivity index (χ0v) is 13.9. The molecule has 0 saturated carbocycles. The van der Waals surface area contributed by atoms with Crippen LogP contribution in [0.2, 0.25) is 0 Å². The van der Waals surface area contributed by atoms with Crippen molar-refractivity contribution in [3.8, 4) is 22.8 Å². The van der Waals surface area contributed by atoms with Crippen molar-refractivity contribution in [1.29, 1.82) is 0 Å². The quantitative estimate of drug-likeness (QED) is 0.551. The summed E-state index contributed by atoms with van der Waals surface area (Å²) in [4.78, 5) is 4.39. The fourth-order valence-corrected chi connectivity index (χ4v) is 2.18. The van der Waals surface area contributed by atoms with E-state index in [0.717, 1.165) is 16.8 Å². The summed E-state index contributed by atoms with van der Waals surface area (Å²) >= 11 is 0. The number of hydrogen-bond acceptors (Lipinski definition) is 7. The summed E-state index contributed by atoms with van der Waals surface area (Å²) in [6.07, 6.45) is 3.23. The van der Waals surface area contributed by atoms with Crippen molar-refractivity contribution in [3.05, 3.63) is 60.3 Å². The van der Waals surface area contributed by atoms with E-state index in [0.29, 0.717) is 17.4 Å². The van der Waals surface area contributed by atoms with Crippen molar-refractivity contribution >= 4 is 12.2 Å². The van der Waals surface area contributed by atoms with Crippen molar-refractivity contribution in [3.63, 3.8) is 0 Å². The molecule has 0 fully saturated rings. The van der Waals surface area contributed by atoms with E-state index in [-0.39, 0.29) is 0 Å². The normalized spacial score (nSPS) is 10.6. The van der Waals surface area contributed by atoms with E-state index < -0.39 is 0 Å². The molecular formula is C18H17N5O2. The Morgan fingerprint density at radius 1 is 1.04 bits per heavy atom. The third kappa shape index (κ3) is 4.08. The van der Waals surface area contributed by atoms with Crippen LogP contribution < -0.4 is 14.9 Å². The van der Waals surface area contributed by atoms with Gasteiger partial charge in [0.25, 0.3) is 5.95 Å². The van der Waals surface area contributed by atoms with Crippen LogP contribution in [0.25, 0.3) is 11.3 Å². The molecule has 25 heavy (non-hydrogen) atoms. The minimum atomic E-state index is 0.310. The molecule has 0 unspecified atom stereocenters. The van der Waals surface area contributed by atoms with Gasteiger partial charge in [0.05, 0.1) is 32.3 Å². The van der Waals surface area contributed by atoms with Crippen LogP contribution in [0.1, 0.15) is 5.56 Å². The average molecular weight is 335 g/mol. The second-order valence-electron chi connectivity index (χ2n) is 5.01. The molecule has 0 bridgehead atoms. The molecule has 7 heteroatoms. The van der Waals surface area contributed by atoms with Gasteiger partial charge in [0.1, 0.15) is 11.5 Å². The molecule has 126 valence electrons. The van der Waals surface area contributed by atoms with Gasteiger partial charge in [0.15, 0.2) is 0 Å². The highest BCUT2D eigenvalue weighted by Crippen LogP contribution is 2.23. The van der Waals surface area contributed by atoms with Crippen LogP contribution in [0.3, 0.4) is 0 Å². The van der Waals surface area contributed by atoms with Gasteiger partial charge >= 0.3 is 0 Å². The molecule has 0 aliphatic carbocycles. The number of nitrogens with one attached hydrogen (secondary N) is 1. The smallest absolute Gasteiger partial charge is 0.263 e. The highest BCUT2D eigenvalue weighted by Gasteiger charge is 2.04. The van der Waals surface area contributed by atoms with E-state index in [9.17, 15) is 0 Å². The van der Waals surface area contributed by atoms with Gasteiger partial charge in [-0.25, -0.2) is 10.4 Å². The average Bonchev–Trinajstić information content (AvgIpc) is 2.69. The van der Waals surface area contributed by atoms with Gasteiger partial charge in [-0.05, 0) is 12.1 Å². The maximum atomic E-state index is 5.32. The van der Waals surface area contributed by atoms with Crippen LogP contribution in [0.5, 0.6) is 11.5 Å². The van der Waals surface area contributed by atoms with Gasteiger partial charge < -0.3 is 9.47 Å². The molecular weight excluding hydrogens is 318 g/mol. The number of hydrazone groups is 1. The summed E-state index contributed by atoms with van der Waals surface area (Å²) in [5.74, 6) is 1.68. The minimum Gasteiger partial charge on any atom is -0.497 e. The second-order valence-corrected chi connectivity index (χ2v) is 5.01. The second kappa shape index (κ2) is 7.87. The van der Waals surface area contributed by atoms with E-state index in [1.165, 1.54) is 0 Å². The number of ether oxygens (including phenoxy) is 2. The maximum Gasteiger partial charge on any atom is 0.263 e. The number of nitrogens with zero attached hydrogens (tertiary/aromatic N) is 4. The van der Waals surface area contributed by atoms with Crippen molar-refractivity contribution in [2.75, 3.05) is 19.6 Å². The highest BCUT2D eigenvalue weighted by atomic mass is 16.5. The van der Waals surface area contributed by atoms with Crippen LogP contribution in [-0.4, -0.2) is 35.6 Å². The molecule has 1 heterocycles. The van der Waals surface area contributed by atoms with Crippen LogP contribution in [0.4, 0.5) is 5.95 Å². The largest absolute Gasteiger partial charge is 0.497 e. The van der Waals surface area contributed by atoms with Gasteiger partial charge in [0, 0.05) is 17.2 Å². The number of aromatic nitrogens is 3. The standard InChI is InChI=1S/C18H17N5O2/c1-24-15-9-8-14(17(10-15)25-2)11-19-22-18-21-16(12-20-23-18)13-6-4-3-5-7-13/h3-12H,1-2H3,(H,21,22,23)/b19-11+. The van der Waals surface area contributed by atoms with Gasteiger partial charge in [-0.1, -0.05) is 30.3 Å². The third-order valence-electron chi connectivity index (χ3n) is 3.44. The summed E-state index contributed by atoms with van der Waals surface area (Å²) in [6.45, 7) is 0. The maximum absolute atomic E-state index is 5.32. The lowest BCUT2D eigenvalue weighted by Crippen LogP contribution is -2.00. The zero-order chi connectivity index (χ0) is 17.5. The molecule has 3 rings (SSSR count). The monoisotopic (exact) mass is 335 g/mol. The Hall–Kier alpha value is -3.48. The Labute approximate surface area is 145 Å². The van der Waals surface area contributed by atoms with Crippen molar-refractivity contribution in [2.45, 2.75) is 0 Å². The van der Waals surface area contributed by atoms with E-state index in [2.05, 4.69) is 25.7 Å². The lowest BCUT2D eigenvalue weighted by Gasteiger charge is -2.07. The molecule has 0 spiro atoms. The van der Waals surface area contributed by atoms with Gasteiger partial charge in [-0.2, -0.15) is 10.2 Å². The molecule has 3 aromatic rings. The summed E-state index contributed by atoms with van der Waals surface area (Å²) in [6, 6.07) is 15.2. The van der Waals surface area contributed by atoms with Gasteiger partial charge in [0.2, 0.25) is 0 Å². The van der Waals surface area contributed by atoms with Crippen molar-refractivity contribution in [1.82, 2.24) is 15.2 Å². The van der Waals surface area contributed by atoms with Gasteiger partial charge in [-0.15, -0.1) is 5.10 Å². The molecule has 0 amide bonds. The summed E-state index contributed by atoms with van der Waals surface area (Å²) in [7, 11) is 3.20. The molecule has 0 aliphatic heterocycles. The first-order chi connectivity index (χ1) is 12.3. The van der Waals surface area contributed by atoms with E-state index >= 15 is 0 Å². The lowest BCUT2D eigenvalue weighted by molar-refractivity contribution is 0.394. The number of rotatable bonds is 6. The lowest BCUT2D eigenvalue weighted by atomic mass is 10.2. The predicted octanol–water partition coefficient (Wildman–Crippen LogP) is 3.00. The molecule has 2 aromatic carbocycles. The molecule has 1 N–H and O–H groups in total. The minimum absolute atomic E-state index is 0.310. The SMILES string of the molecule is COc1ccc(/C=N/Nc2nncc(-c3ccccc3)n2)c(OC)c1. The van der Waals surface area contributed by atoms with E-state index in [4.69, 9.17) is 9.47 Å². The van der Waals surface area contributed by atoms with Crippen LogP contribution in [-0.2, 0) is 0 Å². The molecule has 0 atom stereocenters. The zero-order valence-electron chi connectivity index (χ0n) is 13.9. The molecule has 0 aliphatic rings. The molecule has 7 nitrogen and oxygen atoms in total. The molecule has 0 saturated heterocycles. The number of methoxy groups -OCH3 is 2. The topological polar surface area (TPSA) is 81.5 Å². The van der Waals surface area contributed by atoms with Crippen LogP contribution in [0, 0.1) is 0 Å². The van der Waals surface area contributed by atoms with Crippen LogP contribution >= 0.6 is 0 Å². The summed E-state index contributed by atoms with van der Waals surface area (Å²) < 4.78 is 10.5. The third-order valence-corrected chi connectivity index (χ3v) is 3.44. The van der Waals surface area contributed by atoms with Crippen molar-refractivity contribution in [2.24, 2.45) is 5.10 Å². The highest BCUT2D eigenvalue weighted by molar-refractivity contribution is 5.84. The number of anilines is 1. The Morgan fingerprint density at radius 2 is 1.88 bits per heavy atom. The number of benzene rings is 2. The Morgan fingerprint density at radius 3 is 2.64 bits per heavy atom. The Kier molecular flexibility index (Phi) is 5.16. The first-order valence-electron chi connectivity index (χ1n) is 7.56.